The van der Waals surface area contributed by atoms with Crippen molar-refractivity contribution in [1.82, 2.24) is 15.5 Å². The maximum atomic E-state index is 4.27. The lowest BCUT2D eigenvalue weighted by Gasteiger charge is -2.26. The highest BCUT2D eigenvalue weighted by Gasteiger charge is 2.14. The Kier molecular flexibility index (Phi) is 7.23. The van der Waals surface area contributed by atoms with Crippen LogP contribution in [0, 0.1) is 12.8 Å². The van der Waals surface area contributed by atoms with Crippen LogP contribution in [-0.2, 0) is 0 Å². The molecule has 4 nitrogen and oxygen atoms in total. The average molecular weight is 290 g/mol. The van der Waals surface area contributed by atoms with E-state index in [4.69, 9.17) is 0 Å². The van der Waals surface area contributed by atoms with Gasteiger partial charge in [0, 0.05) is 20.1 Å². The van der Waals surface area contributed by atoms with Crippen LogP contribution in [0.2, 0.25) is 0 Å². The fourth-order valence-corrected chi connectivity index (χ4v) is 2.10. The van der Waals surface area contributed by atoms with Gasteiger partial charge in [0.25, 0.3) is 0 Å². The summed E-state index contributed by atoms with van der Waals surface area (Å²) >= 11 is 0. The van der Waals surface area contributed by atoms with Crippen LogP contribution in [0.25, 0.3) is 0 Å². The van der Waals surface area contributed by atoms with Gasteiger partial charge in [0.05, 0.1) is 6.04 Å². The quantitative estimate of drug-likeness (QED) is 0.624. The molecule has 0 saturated carbocycles. The molecule has 0 saturated heterocycles. The second-order valence-corrected chi connectivity index (χ2v) is 6.12. The molecule has 1 aromatic carbocycles. The molecular weight excluding hydrogens is 260 g/mol. The van der Waals surface area contributed by atoms with Crippen molar-refractivity contribution >= 4 is 5.96 Å². The molecule has 0 amide bonds. The number of aryl methyl sites for hydroxylation is 1. The Morgan fingerprint density at radius 3 is 2.14 bits per heavy atom. The third-order valence-corrected chi connectivity index (χ3v) is 3.45. The molecule has 0 fully saturated rings. The summed E-state index contributed by atoms with van der Waals surface area (Å²) in [5.41, 5.74) is 2.61. The second kappa shape index (κ2) is 8.67. The van der Waals surface area contributed by atoms with Gasteiger partial charge in [-0.15, -0.1) is 0 Å². The molecule has 0 spiro atoms. The fourth-order valence-electron chi connectivity index (χ4n) is 2.10. The first kappa shape index (κ1) is 17.5. The first-order valence-electron chi connectivity index (χ1n) is 7.61. The molecule has 1 atom stereocenters. The van der Waals surface area contributed by atoms with Gasteiger partial charge in [0.2, 0.25) is 0 Å². The zero-order valence-corrected chi connectivity index (χ0v) is 14.3. The molecule has 1 rings (SSSR count). The van der Waals surface area contributed by atoms with E-state index >= 15 is 0 Å². The minimum absolute atomic E-state index is 0.322. The lowest BCUT2D eigenvalue weighted by Crippen LogP contribution is -2.42. The predicted octanol–water partition coefficient (Wildman–Crippen LogP) is 2.42. The highest BCUT2D eigenvalue weighted by Crippen LogP contribution is 2.17. The number of benzene rings is 1. The van der Waals surface area contributed by atoms with Crippen LogP contribution in [-0.4, -0.2) is 45.1 Å². The van der Waals surface area contributed by atoms with Crippen LogP contribution in [0.3, 0.4) is 0 Å². The summed E-state index contributed by atoms with van der Waals surface area (Å²) < 4.78 is 0. The second-order valence-electron chi connectivity index (χ2n) is 6.12. The zero-order valence-electron chi connectivity index (χ0n) is 14.3. The Hall–Kier alpha value is -1.55. The monoisotopic (exact) mass is 290 g/mol. The van der Waals surface area contributed by atoms with E-state index in [0.717, 1.165) is 19.0 Å². The van der Waals surface area contributed by atoms with Gasteiger partial charge in [-0.2, -0.15) is 0 Å². The summed E-state index contributed by atoms with van der Waals surface area (Å²) in [7, 11) is 6.03. The van der Waals surface area contributed by atoms with Crippen LogP contribution >= 0.6 is 0 Å². The number of guanidine groups is 1. The van der Waals surface area contributed by atoms with Gasteiger partial charge in [-0.1, -0.05) is 43.7 Å². The van der Waals surface area contributed by atoms with Crippen molar-refractivity contribution in [1.29, 1.82) is 0 Å². The fraction of sp³-hybridized carbons (Fsp3) is 0.588. The van der Waals surface area contributed by atoms with Crippen LogP contribution < -0.4 is 10.6 Å². The molecule has 1 unspecified atom stereocenters. The molecular formula is C17H30N4. The first-order valence-corrected chi connectivity index (χ1v) is 7.61. The Labute approximate surface area is 129 Å². The van der Waals surface area contributed by atoms with E-state index in [1.54, 1.807) is 0 Å². The van der Waals surface area contributed by atoms with Crippen LogP contribution in [0.15, 0.2) is 29.3 Å². The summed E-state index contributed by atoms with van der Waals surface area (Å²) in [6, 6.07) is 9.05. The van der Waals surface area contributed by atoms with Gasteiger partial charge in [-0.25, -0.2) is 0 Å². The van der Waals surface area contributed by atoms with Crippen LogP contribution in [0.1, 0.15) is 31.0 Å². The zero-order chi connectivity index (χ0) is 15.8. The number of nitrogens with one attached hydrogen (secondary N) is 2. The summed E-state index contributed by atoms with van der Waals surface area (Å²) in [5.74, 6) is 1.47. The van der Waals surface area contributed by atoms with Gasteiger partial charge in [0.15, 0.2) is 5.96 Å². The number of likely N-dealkylation sites (N-methyl/N-ethyl adjacent to an activating group) is 1. The van der Waals surface area contributed by atoms with E-state index in [0.29, 0.717) is 12.0 Å². The van der Waals surface area contributed by atoms with E-state index in [2.05, 4.69) is 79.7 Å². The molecule has 0 aliphatic carbocycles. The van der Waals surface area contributed by atoms with E-state index < -0.39 is 0 Å². The molecule has 1 aromatic rings. The lowest BCUT2D eigenvalue weighted by molar-refractivity contribution is 0.298. The average Bonchev–Trinajstić information content (AvgIpc) is 2.43. The maximum absolute atomic E-state index is 4.27. The third-order valence-electron chi connectivity index (χ3n) is 3.45. The van der Waals surface area contributed by atoms with Crippen molar-refractivity contribution in [2.45, 2.75) is 26.8 Å². The van der Waals surface area contributed by atoms with E-state index in [1.165, 1.54) is 11.1 Å². The van der Waals surface area contributed by atoms with Crippen LogP contribution in [0.4, 0.5) is 0 Å². The van der Waals surface area contributed by atoms with Crippen molar-refractivity contribution in [3.63, 3.8) is 0 Å². The number of hydrogen-bond acceptors (Lipinski definition) is 2. The third kappa shape index (κ3) is 6.17. The number of rotatable bonds is 6. The molecule has 2 N–H and O–H groups in total. The smallest absolute Gasteiger partial charge is 0.191 e. The molecule has 0 heterocycles. The Balaban J connectivity index is 2.64. The molecule has 21 heavy (non-hydrogen) atoms. The number of aliphatic imine (C=N–C) groups is 1. The minimum atomic E-state index is 0.322. The molecule has 0 radical (unpaired) electrons. The van der Waals surface area contributed by atoms with Crippen LogP contribution in [0.5, 0.6) is 0 Å². The van der Waals surface area contributed by atoms with E-state index in [1.807, 2.05) is 7.05 Å². The summed E-state index contributed by atoms with van der Waals surface area (Å²) in [5, 5.41) is 6.76. The van der Waals surface area contributed by atoms with Gasteiger partial charge >= 0.3 is 0 Å². The van der Waals surface area contributed by atoms with Gasteiger partial charge in [-0.05, 0) is 32.5 Å². The molecule has 4 heteroatoms. The Morgan fingerprint density at radius 2 is 1.67 bits per heavy atom. The maximum Gasteiger partial charge on any atom is 0.191 e. The van der Waals surface area contributed by atoms with Crippen molar-refractivity contribution in [3.8, 4) is 0 Å². The minimum Gasteiger partial charge on any atom is -0.356 e. The standard InChI is InChI=1S/C17H30N4/c1-13(2)11-19-17(18-4)20-12-16(21(5)6)15-9-7-14(3)8-10-15/h7-10,13,16H,11-12H2,1-6H3,(H2,18,19,20). The largest absolute Gasteiger partial charge is 0.356 e. The van der Waals surface area contributed by atoms with Gasteiger partial charge < -0.3 is 15.5 Å². The van der Waals surface area contributed by atoms with E-state index in [9.17, 15) is 0 Å². The van der Waals surface area contributed by atoms with Gasteiger partial charge in [0.1, 0.15) is 0 Å². The Morgan fingerprint density at radius 1 is 1.10 bits per heavy atom. The van der Waals surface area contributed by atoms with Crippen molar-refractivity contribution < 1.29 is 0 Å². The molecule has 0 aromatic heterocycles. The number of nitrogens with zero attached hydrogens (tertiary/aromatic N) is 2. The van der Waals surface area contributed by atoms with Crippen molar-refractivity contribution in [2.75, 3.05) is 34.2 Å². The topological polar surface area (TPSA) is 39.7 Å². The highest BCUT2D eigenvalue weighted by molar-refractivity contribution is 5.79. The van der Waals surface area contributed by atoms with Crippen molar-refractivity contribution in [2.24, 2.45) is 10.9 Å². The Bertz CT molecular complexity index is 435. The molecule has 0 aliphatic rings. The first-order chi connectivity index (χ1) is 9.93. The SMILES string of the molecule is CN=C(NCC(C)C)NCC(c1ccc(C)cc1)N(C)C. The lowest BCUT2D eigenvalue weighted by atomic mass is 10.0. The summed E-state index contributed by atoms with van der Waals surface area (Å²) in [6.07, 6.45) is 0. The normalized spacial score (nSPS) is 13.6. The van der Waals surface area contributed by atoms with Crippen molar-refractivity contribution in [3.05, 3.63) is 35.4 Å². The summed E-state index contributed by atoms with van der Waals surface area (Å²) in [6.45, 7) is 8.25. The molecule has 118 valence electrons. The predicted molar refractivity (Wildman–Crippen MR) is 91.8 cm³/mol. The van der Waals surface area contributed by atoms with Gasteiger partial charge in [-0.3, -0.25) is 4.99 Å². The molecule has 0 aliphatic heterocycles. The van der Waals surface area contributed by atoms with E-state index in [-0.39, 0.29) is 0 Å². The number of hydrogen-bond donors (Lipinski definition) is 2. The highest BCUT2D eigenvalue weighted by atomic mass is 15.2. The molecule has 0 bridgehead atoms. The summed E-state index contributed by atoms with van der Waals surface area (Å²) in [4.78, 5) is 6.50.